The van der Waals surface area contributed by atoms with E-state index in [0.29, 0.717) is 26.6 Å². The number of fused-ring (bicyclic) bond motifs is 6. The van der Waals surface area contributed by atoms with Crippen LogP contribution in [-0.4, -0.2) is 41.6 Å². The summed E-state index contributed by atoms with van der Waals surface area (Å²) < 4.78 is 38.7. The third kappa shape index (κ3) is 7.86. The van der Waals surface area contributed by atoms with Crippen LogP contribution < -0.4 is 9.47 Å². The Balaban J connectivity index is 0.000000168. The zero-order valence-corrected chi connectivity index (χ0v) is 33.1. The predicted octanol–water partition coefficient (Wildman–Crippen LogP) is 11.8. The number of aromatic nitrogens is 4. The second-order valence-corrected chi connectivity index (χ2v) is 15.7. The van der Waals surface area contributed by atoms with E-state index in [4.69, 9.17) is 32.7 Å². The van der Waals surface area contributed by atoms with Crippen LogP contribution in [0, 0.1) is 0 Å². The summed E-state index contributed by atoms with van der Waals surface area (Å²) in [5.41, 5.74) is 7.00. The Morgan fingerprint density at radius 1 is 0.579 bits per heavy atom. The van der Waals surface area contributed by atoms with Gasteiger partial charge in [-0.25, -0.2) is 22.4 Å². The van der Waals surface area contributed by atoms with E-state index in [9.17, 15) is 8.42 Å². The van der Waals surface area contributed by atoms with Crippen LogP contribution in [0.3, 0.4) is 0 Å². The minimum Gasteiger partial charge on any atom is -0.497 e. The van der Waals surface area contributed by atoms with Crippen LogP contribution in [0.2, 0.25) is 10.0 Å². The molecule has 0 radical (unpaired) electrons. The molecule has 0 aliphatic carbocycles. The van der Waals surface area contributed by atoms with Gasteiger partial charge in [0.2, 0.25) is 0 Å². The van der Waals surface area contributed by atoms with Gasteiger partial charge in [0.15, 0.2) is 5.65 Å². The molecule has 0 amide bonds. The maximum Gasteiger partial charge on any atom is 0.269 e. The molecule has 9 rings (SSSR count). The summed E-state index contributed by atoms with van der Waals surface area (Å²) in [6.07, 6.45) is 11.3. The molecule has 4 aromatic heterocycles. The summed E-state index contributed by atoms with van der Waals surface area (Å²) in [5.74, 6) is 1.65. The van der Waals surface area contributed by atoms with Gasteiger partial charge in [0.05, 0.1) is 34.7 Å². The van der Waals surface area contributed by atoms with Gasteiger partial charge in [-0.05, 0) is 95.1 Å². The number of benzene rings is 5. The lowest BCUT2D eigenvalue weighted by Crippen LogP contribution is -2.13. The molecule has 8 nitrogen and oxygen atoms in total. The first-order chi connectivity index (χ1) is 27.7. The van der Waals surface area contributed by atoms with Gasteiger partial charge in [-0.1, -0.05) is 102 Å². The molecular formula is C46H34Cl2N4O4S. The molecule has 11 heteroatoms. The molecule has 0 saturated heterocycles. The van der Waals surface area contributed by atoms with Crippen molar-refractivity contribution in [3.05, 3.63) is 172 Å². The van der Waals surface area contributed by atoms with E-state index < -0.39 is 10.0 Å². The first kappa shape index (κ1) is 37.5. The van der Waals surface area contributed by atoms with Crippen molar-refractivity contribution in [3.8, 4) is 11.5 Å². The number of nitrogens with zero attached hydrogens (tertiary/aromatic N) is 3. The smallest absolute Gasteiger partial charge is 0.269 e. The van der Waals surface area contributed by atoms with Gasteiger partial charge in [-0.2, -0.15) is 0 Å². The standard InChI is InChI=1S/C26H19ClN2O3S.C20H15ClN2O/c1-32-21-12-9-18(10-13-21)7-8-19-11-14-25-23(15-19)24-16-20(27)17-28-26(24)29(25)33(30,31)22-5-3-2-4-6-22;1-24-16-7-4-13(5-8-16)2-3-14-6-9-19-17(10-14)18-11-15(21)12-22-20(18)23-19/h2-17H,1H3;2-12H,1H3,(H,22,23)/b8-7+;3-2+. The van der Waals surface area contributed by atoms with Crippen molar-refractivity contribution < 1.29 is 17.9 Å². The average molecular weight is 810 g/mol. The third-order valence-electron chi connectivity index (χ3n) is 9.45. The molecule has 0 aliphatic rings. The van der Waals surface area contributed by atoms with E-state index in [1.807, 2.05) is 78.9 Å². The summed E-state index contributed by atoms with van der Waals surface area (Å²) >= 11 is 12.3. The van der Waals surface area contributed by atoms with Crippen LogP contribution in [0.15, 0.2) is 145 Å². The van der Waals surface area contributed by atoms with Gasteiger partial charge in [0, 0.05) is 39.5 Å². The zero-order valence-electron chi connectivity index (χ0n) is 30.7. The number of pyridine rings is 2. The van der Waals surface area contributed by atoms with Crippen molar-refractivity contribution in [3.63, 3.8) is 0 Å². The maximum atomic E-state index is 13.5. The highest BCUT2D eigenvalue weighted by Gasteiger charge is 2.24. The van der Waals surface area contributed by atoms with Crippen LogP contribution >= 0.6 is 23.2 Å². The van der Waals surface area contributed by atoms with Crippen molar-refractivity contribution in [2.24, 2.45) is 0 Å². The fourth-order valence-electron chi connectivity index (χ4n) is 6.58. The lowest BCUT2D eigenvalue weighted by atomic mass is 10.1. The molecule has 0 fully saturated rings. The molecule has 4 heterocycles. The fourth-order valence-corrected chi connectivity index (χ4v) is 8.40. The van der Waals surface area contributed by atoms with Gasteiger partial charge in [0.25, 0.3) is 10.0 Å². The predicted molar refractivity (Wildman–Crippen MR) is 234 cm³/mol. The largest absolute Gasteiger partial charge is 0.497 e. The van der Waals surface area contributed by atoms with Crippen LogP contribution in [0.1, 0.15) is 22.3 Å². The molecule has 282 valence electrons. The Morgan fingerprint density at radius 2 is 1.11 bits per heavy atom. The molecule has 0 saturated carbocycles. The van der Waals surface area contributed by atoms with E-state index >= 15 is 0 Å². The van der Waals surface area contributed by atoms with Crippen LogP contribution in [-0.2, 0) is 10.0 Å². The lowest BCUT2D eigenvalue weighted by Gasteiger charge is -2.08. The average Bonchev–Trinajstić information content (AvgIpc) is 3.77. The Morgan fingerprint density at radius 3 is 1.72 bits per heavy atom. The van der Waals surface area contributed by atoms with E-state index in [1.165, 1.54) is 10.2 Å². The second kappa shape index (κ2) is 16.0. The number of rotatable bonds is 8. The quantitative estimate of drug-likeness (QED) is 0.153. The van der Waals surface area contributed by atoms with E-state index in [-0.39, 0.29) is 4.90 Å². The number of ether oxygens (including phenoxy) is 2. The number of hydrogen-bond donors (Lipinski definition) is 1. The SMILES string of the molecule is COc1ccc(/C=C/c2ccc3[nH]c4ncc(Cl)cc4c3c2)cc1.COc1ccc(/C=C/c2ccc3c(c2)c2cc(Cl)cnc2n3S(=O)(=O)c2ccccc2)cc1. The minimum atomic E-state index is -3.86. The van der Waals surface area contributed by atoms with Crippen molar-refractivity contribution in [2.45, 2.75) is 4.90 Å². The van der Waals surface area contributed by atoms with Crippen LogP contribution in [0.25, 0.3) is 68.2 Å². The molecular weight excluding hydrogens is 776 g/mol. The number of hydrogen-bond acceptors (Lipinski definition) is 6. The van der Waals surface area contributed by atoms with E-state index in [0.717, 1.165) is 61.1 Å². The van der Waals surface area contributed by atoms with Crippen molar-refractivity contribution in [2.75, 3.05) is 14.2 Å². The summed E-state index contributed by atoms with van der Waals surface area (Å²) in [6, 6.07) is 39.7. The Kier molecular flexibility index (Phi) is 10.5. The lowest BCUT2D eigenvalue weighted by molar-refractivity contribution is 0.414. The molecule has 0 atom stereocenters. The van der Waals surface area contributed by atoms with Crippen LogP contribution in [0.5, 0.6) is 11.5 Å². The Labute approximate surface area is 339 Å². The highest BCUT2D eigenvalue weighted by molar-refractivity contribution is 7.90. The Bertz CT molecular complexity index is 3070. The number of halogens is 2. The first-order valence-electron chi connectivity index (χ1n) is 17.8. The summed E-state index contributed by atoms with van der Waals surface area (Å²) in [5, 5.41) is 4.68. The van der Waals surface area contributed by atoms with E-state index in [1.54, 1.807) is 62.9 Å². The molecule has 5 aromatic carbocycles. The van der Waals surface area contributed by atoms with Gasteiger partial charge in [-0.3, -0.25) is 0 Å². The highest BCUT2D eigenvalue weighted by atomic mass is 35.5. The van der Waals surface area contributed by atoms with Gasteiger partial charge in [0.1, 0.15) is 17.1 Å². The number of nitrogens with one attached hydrogen (secondary N) is 1. The topological polar surface area (TPSA) is 99.1 Å². The minimum absolute atomic E-state index is 0.198. The highest BCUT2D eigenvalue weighted by Crippen LogP contribution is 2.34. The molecule has 0 bridgehead atoms. The number of methoxy groups -OCH3 is 2. The summed E-state index contributed by atoms with van der Waals surface area (Å²) in [4.78, 5) is 12.2. The maximum absolute atomic E-state index is 13.5. The van der Waals surface area contributed by atoms with Crippen LogP contribution in [0.4, 0.5) is 0 Å². The van der Waals surface area contributed by atoms with Crippen molar-refractivity contribution in [1.29, 1.82) is 0 Å². The Hall–Kier alpha value is -6.39. The molecule has 0 unspecified atom stereocenters. The van der Waals surface area contributed by atoms with Gasteiger partial charge >= 0.3 is 0 Å². The molecule has 1 N–H and O–H groups in total. The zero-order chi connectivity index (χ0) is 39.5. The molecule has 9 aromatic rings. The first-order valence-corrected chi connectivity index (χ1v) is 20.0. The van der Waals surface area contributed by atoms with Gasteiger partial charge in [-0.15, -0.1) is 0 Å². The summed E-state index contributed by atoms with van der Waals surface area (Å²) in [6.45, 7) is 0. The number of aromatic amines is 1. The number of H-pyrrole nitrogens is 1. The van der Waals surface area contributed by atoms with E-state index in [2.05, 4.69) is 45.3 Å². The molecule has 0 spiro atoms. The second-order valence-electron chi connectivity index (χ2n) is 13.1. The normalized spacial score (nSPS) is 11.9. The fraction of sp³-hybridized carbons (Fsp3) is 0.0435. The monoisotopic (exact) mass is 808 g/mol. The molecule has 57 heavy (non-hydrogen) atoms. The summed E-state index contributed by atoms with van der Waals surface area (Å²) in [7, 11) is -0.552. The third-order valence-corrected chi connectivity index (χ3v) is 11.6. The molecule has 0 aliphatic heterocycles. The van der Waals surface area contributed by atoms with Crippen molar-refractivity contribution in [1.82, 2.24) is 18.9 Å². The van der Waals surface area contributed by atoms with Crippen molar-refractivity contribution >= 4 is 101 Å². The van der Waals surface area contributed by atoms with Gasteiger partial charge < -0.3 is 14.5 Å².